The third-order valence-electron chi connectivity index (χ3n) is 5.45. The number of nitrogens with one attached hydrogen (secondary N) is 1. The molecule has 0 bridgehead atoms. The van der Waals surface area contributed by atoms with E-state index in [1.54, 1.807) is 0 Å². The van der Waals surface area contributed by atoms with Crippen molar-refractivity contribution in [3.05, 3.63) is 0 Å². The first-order valence-corrected chi connectivity index (χ1v) is 8.64. The summed E-state index contributed by atoms with van der Waals surface area (Å²) in [4.78, 5) is 0. The number of rotatable bonds is 5. The van der Waals surface area contributed by atoms with Gasteiger partial charge in [-0.1, -0.05) is 53.9 Å². The van der Waals surface area contributed by atoms with Crippen LogP contribution >= 0.6 is 0 Å². The Morgan fingerprint density at radius 3 is 2.16 bits per heavy atom. The standard InChI is InChI=1S/C18H37N/c1-7-15(8-2)14(3)19-17-11-9-10-16(12-13-17)18(4,5)6/h14-17,19H,7-13H2,1-6H3. The van der Waals surface area contributed by atoms with Gasteiger partial charge in [-0.15, -0.1) is 0 Å². The van der Waals surface area contributed by atoms with E-state index in [1.807, 2.05) is 0 Å². The molecule has 1 N–H and O–H groups in total. The topological polar surface area (TPSA) is 12.0 Å². The zero-order chi connectivity index (χ0) is 14.5. The van der Waals surface area contributed by atoms with E-state index in [-0.39, 0.29) is 0 Å². The van der Waals surface area contributed by atoms with Crippen LogP contribution in [0.15, 0.2) is 0 Å². The van der Waals surface area contributed by atoms with E-state index >= 15 is 0 Å². The first-order valence-electron chi connectivity index (χ1n) is 8.64. The van der Waals surface area contributed by atoms with Gasteiger partial charge in [0.15, 0.2) is 0 Å². The molecule has 1 rings (SSSR count). The Kier molecular flexibility index (Phi) is 6.86. The first kappa shape index (κ1) is 17.0. The molecule has 0 aromatic carbocycles. The summed E-state index contributed by atoms with van der Waals surface area (Å²) in [6.45, 7) is 14.3. The van der Waals surface area contributed by atoms with Crippen LogP contribution in [0.25, 0.3) is 0 Å². The Labute approximate surface area is 121 Å². The van der Waals surface area contributed by atoms with Gasteiger partial charge in [-0.3, -0.25) is 0 Å². The largest absolute Gasteiger partial charge is 0.311 e. The SMILES string of the molecule is CCC(CC)C(C)NC1CCCC(C(C)(C)C)CC1. The molecule has 19 heavy (non-hydrogen) atoms. The molecule has 3 atom stereocenters. The Morgan fingerprint density at radius 2 is 1.63 bits per heavy atom. The van der Waals surface area contributed by atoms with E-state index < -0.39 is 0 Å². The van der Waals surface area contributed by atoms with Crippen molar-refractivity contribution in [3.8, 4) is 0 Å². The molecule has 0 aromatic rings. The minimum Gasteiger partial charge on any atom is -0.311 e. The fourth-order valence-corrected chi connectivity index (χ4v) is 3.84. The van der Waals surface area contributed by atoms with Crippen molar-refractivity contribution in [2.45, 2.75) is 98.6 Å². The van der Waals surface area contributed by atoms with Crippen molar-refractivity contribution in [1.82, 2.24) is 5.32 Å². The number of hydrogen-bond acceptors (Lipinski definition) is 1. The van der Waals surface area contributed by atoms with Gasteiger partial charge in [0.2, 0.25) is 0 Å². The molecule has 3 unspecified atom stereocenters. The lowest BCUT2D eigenvalue weighted by atomic mass is 9.76. The van der Waals surface area contributed by atoms with Crippen LogP contribution in [-0.2, 0) is 0 Å². The molecule has 0 aromatic heterocycles. The highest BCUT2D eigenvalue weighted by Gasteiger charge is 2.28. The molecule has 1 fully saturated rings. The summed E-state index contributed by atoms with van der Waals surface area (Å²) < 4.78 is 0. The van der Waals surface area contributed by atoms with E-state index in [9.17, 15) is 0 Å². The van der Waals surface area contributed by atoms with Crippen LogP contribution in [0, 0.1) is 17.3 Å². The van der Waals surface area contributed by atoms with Gasteiger partial charge in [0.05, 0.1) is 0 Å². The maximum atomic E-state index is 3.93. The van der Waals surface area contributed by atoms with E-state index in [0.717, 1.165) is 17.9 Å². The molecule has 114 valence electrons. The van der Waals surface area contributed by atoms with Gasteiger partial charge < -0.3 is 5.32 Å². The first-order chi connectivity index (χ1) is 8.88. The fourth-order valence-electron chi connectivity index (χ4n) is 3.84. The Balaban J connectivity index is 2.45. The van der Waals surface area contributed by atoms with Crippen molar-refractivity contribution >= 4 is 0 Å². The highest BCUT2D eigenvalue weighted by Crippen LogP contribution is 2.37. The molecule has 1 heteroatoms. The molecule has 1 aliphatic carbocycles. The molecule has 0 spiro atoms. The zero-order valence-corrected chi connectivity index (χ0v) is 14.3. The third kappa shape index (κ3) is 5.45. The van der Waals surface area contributed by atoms with Crippen LogP contribution in [0.4, 0.5) is 0 Å². The molecular formula is C18H37N. The fraction of sp³-hybridized carbons (Fsp3) is 1.00. The van der Waals surface area contributed by atoms with Gasteiger partial charge in [0.1, 0.15) is 0 Å². The van der Waals surface area contributed by atoms with Crippen molar-refractivity contribution in [3.63, 3.8) is 0 Å². The van der Waals surface area contributed by atoms with Gasteiger partial charge in [-0.2, -0.15) is 0 Å². The van der Waals surface area contributed by atoms with Crippen molar-refractivity contribution in [1.29, 1.82) is 0 Å². The molecule has 0 heterocycles. The van der Waals surface area contributed by atoms with Gasteiger partial charge >= 0.3 is 0 Å². The molecule has 1 nitrogen and oxygen atoms in total. The normalized spacial score (nSPS) is 27.3. The summed E-state index contributed by atoms with van der Waals surface area (Å²) >= 11 is 0. The highest BCUT2D eigenvalue weighted by atomic mass is 14.9. The molecular weight excluding hydrogens is 230 g/mol. The van der Waals surface area contributed by atoms with Crippen LogP contribution in [0.1, 0.15) is 86.5 Å². The average Bonchev–Trinajstić information content (AvgIpc) is 2.55. The predicted octanol–water partition coefficient (Wildman–Crippen LogP) is 5.40. The minimum absolute atomic E-state index is 0.496. The maximum Gasteiger partial charge on any atom is 0.00697 e. The van der Waals surface area contributed by atoms with E-state index in [0.29, 0.717) is 11.5 Å². The summed E-state index contributed by atoms with van der Waals surface area (Å²) in [5.74, 6) is 1.77. The Hall–Kier alpha value is -0.0400. The Bertz CT molecular complexity index is 237. The van der Waals surface area contributed by atoms with Crippen molar-refractivity contribution in [2.75, 3.05) is 0 Å². The summed E-state index contributed by atoms with van der Waals surface area (Å²) in [5, 5.41) is 3.93. The lowest BCUT2D eigenvalue weighted by Gasteiger charge is -2.30. The lowest BCUT2D eigenvalue weighted by Crippen LogP contribution is -2.40. The molecule has 1 saturated carbocycles. The second-order valence-electron chi connectivity index (χ2n) is 7.80. The van der Waals surface area contributed by atoms with Gasteiger partial charge in [-0.05, 0) is 49.9 Å². The van der Waals surface area contributed by atoms with Crippen molar-refractivity contribution in [2.24, 2.45) is 17.3 Å². The highest BCUT2D eigenvalue weighted by molar-refractivity contribution is 4.83. The molecule has 1 aliphatic rings. The van der Waals surface area contributed by atoms with Crippen LogP contribution in [0.2, 0.25) is 0 Å². The average molecular weight is 268 g/mol. The Morgan fingerprint density at radius 1 is 1.00 bits per heavy atom. The van der Waals surface area contributed by atoms with Crippen LogP contribution in [-0.4, -0.2) is 12.1 Å². The minimum atomic E-state index is 0.496. The van der Waals surface area contributed by atoms with E-state index in [2.05, 4.69) is 46.9 Å². The van der Waals surface area contributed by atoms with E-state index in [1.165, 1.54) is 44.9 Å². The summed E-state index contributed by atoms with van der Waals surface area (Å²) in [5.41, 5.74) is 0.496. The number of hydrogen-bond donors (Lipinski definition) is 1. The summed E-state index contributed by atoms with van der Waals surface area (Å²) in [6.07, 6.45) is 9.64. The maximum absolute atomic E-state index is 3.93. The van der Waals surface area contributed by atoms with Gasteiger partial charge in [0.25, 0.3) is 0 Å². The molecule has 0 amide bonds. The third-order valence-corrected chi connectivity index (χ3v) is 5.45. The summed E-state index contributed by atoms with van der Waals surface area (Å²) in [6, 6.07) is 1.45. The predicted molar refractivity (Wildman–Crippen MR) is 86.5 cm³/mol. The van der Waals surface area contributed by atoms with Crippen molar-refractivity contribution < 1.29 is 0 Å². The molecule has 0 radical (unpaired) electrons. The van der Waals surface area contributed by atoms with Crippen LogP contribution in [0.3, 0.4) is 0 Å². The van der Waals surface area contributed by atoms with E-state index in [4.69, 9.17) is 0 Å². The molecule has 0 aliphatic heterocycles. The van der Waals surface area contributed by atoms with Crippen LogP contribution < -0.4 is 5.32 Å². The molecule has 0 saturated heterocycles. The quantitative estimate of drug-likeness (QED) is 0.658. The monoisotopic (exact) mass is 267 g/mol. The van der Waals surface area contributed by atoms with Gasteiger partial charge in [-0.25, -0.2) is 0 Å². The second kappa shape index (κ2) is 7.67. The zero-order valence-electron chi connectivity index (χ0n) is 14.3. The van der Waals surface area contributed by atoms with Crippen LogP contribution in [0.5, 0.6) is 0 Å². The smallest absolute Gasteiger partial charge is 0.00697 e. The summed E-state index contributed by atoms with van der Waals surface area (Å²) in [7, 11) is 0. The van der Waals surface area contributed by atoms with Gasteiger partial charge in [0, 0.05) is 12.1 Å². The second-order valence-corrected chi connectivity index (χ2v) is 7.80. The lowest BCUT2D eigenvalue weighted by molar-refractivity contribution is 0.212.